The number of benzene rings is 3. The highest BCUT2D eigenvalue weighted by molar-refractivity contribution is 9.10. The Morgan fingerprint density at radius 1 is 1.09 bits per heavy atom. The van der Waals surface area contributed by atoms with Crippen molar-refractivity contribution in [3.8, 4) is 5.75 Å². The van der Waals surface area contributed by atoms with E-state index in [-0.39, 0.29) is 24.5 Å². The summed E-state index contributed by atoms with van der Waals surface area (Å²) in [4.78, 5) is 28.3. The van der Waals surface area contributed by atoms with Crippen LogP contribution < -0.4 is 10.1 Å². The number of nitrogens with zero attached hydrogens (tertiary/aromatic N) is 1. The zero-order valence-corrected chi connectivity index (χ0v) is 22.1. The van der Waals surface area contributed by atoms with E-state index in [1.165, 1.54) is 0 Å². The Morgan fingerprint density at radius 3 is 2.51 bits per heavy atom. The smallest absolute Gasteiger partial charge is 0.261 e. The number of hydrogen-bond acceptors (Lipinski definition) is 3. The maximum atomic E-state index is 13.5. The maximum Gasteiger partial charge on any atom is 0.261 e. The zero-order valence-electron chi connectivity index (χ0n) is 19.8. The molecule has 7 heteroatoms. The molecule has 0 radical (unpaired) electrons. The second kappa shape index (κ2) is 11.9. The molecule has 35 heavy (non-hydrogen) atoms. The van der Waals surface area contributed by atoms with E-state index in [1.807, 2.05) is 55.5 Å². The average Bonchev–Trinajstić information content (AvgIpc) is 3.37. The lowest BCUT2D eigenvalue weighted by Gasteiger charge is -2.31. The molecule has 0 bridgehead atoms. The lowest BCUT2D eigenvalue weighted by molar-refractivity contribution is -0.143. The van der Waals surface area contributed by atoms with Crippen molar-refractivity contribution in [2.45, 2.75) is 57.7 Å². The largest absolute Gasteiger partial charge is 0.483 e. The monoisotopic (exact) mass is 556 g/mol. The van der Waals surface area contributed by atoms with Gasteiger partial charge in [0.2, 0.25) is 5.91 Å². The van der Waals surface area contributed by atoms with E-state index in [0.29, 0.717) is 23.7 Å². The number of halogens is 2. The lowest BCUT2D eigenvalue weighted by Crippen LogP contribution is -2.52. The van der Waals surface area contributed by atoms with Crippen molar-refractivity contribution < 1.29 is 14.3 Å². The van der Waals surface area contributed by atoms with E-state index in [2.05, 4.69) is 21.2 Å². The van der Waals surface area contributed by atoms with Crippen molar-refractivity contribution in [2.75, 3.05) is 6.61 Å². The third-order valence-corrected chi connectivity index (χ3v) is 7.60. The molecule has 2 amide bonds. The zero-order chi connectivity index (χ0) is 24.8. The van der Waals surface area contributed by atoms with Gasteiger partial charge in [-0.05, 0) is 69.7 Å². The second-order valence-corrected chi connectivity index (χ2v) is 10.2. The number of fused-ring (bicyclic) bond motifs is 1. The Bertz CT molecular complexity index is 1180. The first-order valence-electron chi connectivity index (χ1n) is 12.1. The quantitative estimate of drug-likeness (QED) is 0.327. The standard InChI is InChI=1S/C28H30BrClN2O3/c1-2-24(28(34)31-22-8-4-5-9-22)32(17-19-11-14-21(30)15-12-19)26(33)18-35-25-16-13-20-7-3-6-10-23(20)27(25)29/h3,6-7,10-16,22,24H,2,4-5,8-9,17-18H2,1H3,(H,31,34)/t24-/m0/s1. The molecule has 3 aromatic rings. The van der Waals surface area contributed by atoms with Crippen molar-refractivity contribution in [3.63, 3.8) is 0 Å². The number of carbonyl (C=O) groups is 2. The van der Waals surface area contributed by atoms with Gasteiger partial charge in [0.15, 0.2) is 6.61 Å². The predicted molar refractivity (Wildman–Crippen MR) is 144 cm³/mol. The van der Waals surface area contributed by atoms with Gasteiger partial charge in [-0.3, -0.25) is 9.59 Å². The van der Waals surface area contributed by atoms with E-state index in [4.69, 9.17) is 16.3 Å². The lowest BCUT2D eigenvalue weighted by atomic mass is 10.1. The molecule has 1 fully saturated rings. The number of hydrogen-bond donors (Lipinski definition) is 1. The summed E-state index contributed by atoms with van der Waals surface area (Å²) >= 11 is 9.67. The predicted octanol–water partition coefficient (Wildman–Crippen LogP) is 6.50. The molecule has 0 aliphatic heterocycles. The van der Waals surface area contributed by atoms with Crippen molar-refractivity contribution in [1.29, 1.82) is 0 Å². The van der Waals surface area contributed by atoms with Crippen LogP contribution in [-0.2, 0) is 16.1 Å². The number of carbonyl (C=O) groups excluding carboxylic acids is 2. The molecule has 0 aromatic heterocycles. The molecule has 0 heterocycles. The maximum absolute atomic E-state index is 13.5. The Balaban J connectivity index is 1.53. The molecule has 1 aliphatic carbocycles. The van der Waals surface area contributed by atoms with Crippen LogP contribution in [0.3, 0.4) is 0 Å². The summed E-state index contributed by atoms with van der Waals surface area (Å²) in [5.74, 6) is 0.244. The van der Waals surface area contributed by atoms with Gasteiger partial charge < -0.3 is 15.0 Å². The van der Waals surface area contributed by atoms with Gasteiger partial charge in [0, 0.05) is 17.6 Å². The van der Waals surface area contributed by atoms with Gasteiger partial charge in [0.1, 0.15) is 11.8 Å². The average molecular weight is 558 g/mol. The van der Waals surface area contributed by atoms with Crippen LogP contribution in [0.15, 0.2) is 65.1 Å². The van der Waals surface area contributed by atoms with Crippen LogP contribution in [-0.4, -0.2) is 35.4 Å². The van der Waals surface area contributed by atoms with Crippen LogP contribution in [0.25, 0.3) is 10.8 Å². The van der Waals surface area contributed by atoms with Crippen molar-refractivity contribution in [3.05, 3.63) is 75.7 Å². The van der Waals surface area contributed by atoms with Gasteiger partial charge in [-0.25, -0.2) is 0 Å². The molecule has 1 saturated carbocycles. The van der Waals surface area contributed by atoms with Crippen LogP contribution in [0.4, 0.5) is 0 Å². The van der Waals surface area contributed by atoms with Crippen LogP contribution in [0.2, 0.25) is 5.02 Å². The third kappa shape index (κ3) is 6.36. The van der Waals surface area contributed by atoms with Crippen molar-refractivity contribution in [1.82, 2.24) is 10.2 Å². The molecule has 4 rings (SSSR count). The minimum absolute atomic E-state index is 0.103. The Labute approximate surface area is 219 Å². The summed E-state index contributed by atoms with van der Waals surface area (Å²) in [6.45, 7) is 2.06. The Kier molecular flexibility index (Phi) is 8.69. The Hall–Kier alpha value is -2.57. The van der Waals surface area contributed by atoms with Gasteiger partial charge >= 0.3 is 0 Å². The van der Waals surface area contributed by atoms with E-state index in [0.717, 1.165) is 46.5 Å². The highest BCUT2D eigenvalue weighted by Gasteiger charge is 2.31. The van der Waals surface area contributed by atoms with E-state index < -0.39 is 6.04 Å². The fourth-order valence-electron chi connectivity index (χ4n) is 4.62. The summed E-state index contributed by atoms with van der Waals surface area (Å²) in [6, 6.07) is 18.7. The SMILES string of the molecule is CC[C@@H](C(=O)NC1CCCC1)N(Cc1ccc(Cl)cc1)C(=O)COc1ccc2ccccc2c1Br. The van der Waals surface area contributed by atoms with Gasteiger partial charge in [0.25, 0.3) is 5.91 Å². The van der Waals surface area contributed by atoms with Crippen molar-refractivity contribution in [2.24, 2.45) is 0 Å². The number of rotatable bonds is 9. The van der Waals surface area contributed by atoms with Gasteiger partial charge in [-0.2, -0.15) is 0 Å². The molecule has 3 aromatic carbocycles. The molecule has 5 nitrogen and oxygen atoms in total. The van der Waals surface area contributed by atoms with E-state index in [9.17, 15) is 9.59 Å². The van der Waals surface area contributed by atoms with Gasteiger partial charge in [0.05, 0.1) is 4.47 Å². The molecule has 1 N–H and O–H groups in total. The number of ether oxygens (including phenoxy) is 1. The highest BCUT2D eigenvalue weighted by atomic mass is 79.9. The first-order valence-corrected chi connectivity index (χ1v) is 13.3. The molecule has 1 atom stereocenters. The van der Waals surface area contributed by atoms with Gasteiger partial charge in [-0.1, -0.05) is 73.8 Å². The van der Waals surface area contributed by atoms with Gasteiger partial charge in [-0.15, -0.1) is 0 Å². The molecule has 0 spiro atoms. The summed E-state index contributed by atoms with van der Waals surface area (Å²) in [5.41, 5.74) is 0.904. The summed E-state index contributed by atoms with van der Waals surface area (Å²) in [6.07, 6.45) is 4.75. The highest BCUT2D eigenvalue weighted by Crippen LogP contribution is 2.33. The fourth-order valence-corrected chi connectivity index (χ4v) is 5.35. The van der Waals surface area contributed by atoms with Crippen molar-refractivity contribution >= 4 is 50.1 Å². The minimum Gasteiger partial charge on any atom is -0.483 e. The summed E-state index contributed by atoms with van der Waals surface area (Å²) < 4.78 is 6.77. The molecular weight excluding hydrogens is 528 g/mol. The molecule has 0 unspecified atom stereocenters. The summed E-state index contributed by atoms with van der Waals surface area (Å²) in [7, 11) is 0. The topological polar surface area (TPSA) is 58.6 Å². The van der Waals surface area contributed by atoms with Crippen LogP contribution >= 0.6 is 27.5 Å². The summed E-state index contributed by atoms with van der Waals surface area (Å²) in [5, 5.41) is 5.88. The Morgan fingerprint density at radius 2 is 1.80 bits per heavy atom. The fraction of sp³-hybridized carbons (Fsp3) is 0.357. The van der Waals surface area contributed by atoms with E-state index in [1.54, 1.807) is 17.0 Å². The van der Waals surface area contributed by atoms with Crippen LogP contribution in [0, 0.1) is 0 Å². The first kappa shape index (κ1) is 25.5. The first-order chi connectivity index (χ1) is 17.0. The van der Waals surface area contributed by atoms with Crippen LogP contribution in [0.5, 0.6) is 5.75 Å². The third-order valence-electron chi connectivity index (χ3n) is 6.53. The molecule has 184 valence electrons. The number of amides is 2. The molecule has 1 aliphatic rings. The minimum atomic E-state index is -0.581. The normalized spacial score (nSPS) is 14.6. The van der Waals surface area contributed by atoms with E-state index >= 15 is 0 Å². The number of nitrogens with one attached hydrogen (secondary N) is 1. The molecule has 0 saturated heterocycles. The molecular formula is C28H30BrClN2O3. The van der Waals surface area contributed by atoms with Crippen LogP contribution in [0.1, 0.15) is 44.6 Å². The second-order valence-electron chi connectivity index (χ2n) is 8.95.